The molecule has 0 atom stereocenters. The summed E-state index contributed by atoms with van der Waals surface area (Å²) in [6.45, 7) is 1.99. The lowest BCUT2D eigenvalue weighted by Gasteiger charge is -2.16. The highest BCUT2D eigenvalue weighted by atomic mass is 79.9. The van der Waals surface area contributed by atoms with Gasteiger partial charge in [-0.25, -0.2) is 14.0 Å². The number of ether oxygens (including phenoxy) is 1. The van der Waals surface area contributed by atoms with Crippen LogP contribution in [0.4, 0.5) is 4.39 Å². The fourth-order valence-corrected chi connectivity index (χ4v) is 7.66. The van der Waals surface area contributed by atoms with Crippen molar-refractivity contribution in [1.29, 1.82) is 0 Å². The highest BCUT2D eigenvalue weighted by Gasteiger charge is 2.23. The molecule has 5 aromatic carbocycles. The van der Waals surface area contributed by atoms with Crippen molar-refractivity contribution in [3.8, 4) is 11.5 Å². The number of carboxylic acids is 2. The fraction of sp³-hybridized carbons (Fsp3) is 0.182. The van der Waals surface area contributed by atoms with Crippen LogP contribution in [0.15, 0.2) is 112 Å². The number of hydrogen-bond donors (Lipinski definition) is 3. The molecule has 2 aliphatic carbocycles. The number of hydrogen-bond acceptors (Lipinski definition) is 4. The van der Waals surface area contributed by atoms with Gasteiger partial charge in [0.05, 0.1) is 11.1 Å². The van der Waals surface area contributed by atoms with Gasteiger partial charge in [0, 0.05) is 25.6 Å². The van der Waals surface area contributed by atoms with Crippen molar-refractivity contribution in [2.45, 2.75) is 52.1 Å². The maximum atomic E-state index is 14.3. The predicted octanol–water partition coefficient (Wildman–Crippen LogP) is 12.2. The lowest BCUT2D eigenvalue weighted by molar-refractivity contribution is 0.0686. The Balaban J connectivity index is 0.000000192. The van der Waals surface area contributed by atoms with Gasteiger partial charge in [0.2, 0.25) is 0 Å². The number of allylic oxidation sites excluding steroid dienone is 4. The fourth-order valence-electron chi connectivity index (χ4n) is 6.94. The Hall–Kier alpha value is -4.99. The number of aromatic hydroxyl groups is 1. The van der Waals surface area contributed by atoms with Crippen LogP contribution >= 0.6 is 31.9 Å². The SMILES string of the molecule is Cc1ccc(COc2ccc(Br)cc2C2=C(c3cccc(C(=O)O)c3)CCC2)c(F)c1.O=C(O)c1cccc(C2=C(c3cc(Br)ccc3O)CCC2)c1. The summed E-state index contributed by atoms with van der Waals surface area (Å²) < 4.78 is 22.2. The molecule has 2 aliphatic rings. The van der Waals surface area contributed by atoms with Crippen molar-refractivity contribution in [3.63, 3.8) is 0 Å². The van der Waals surface area contributed by atoms with Crippen LogP contribution in [-0.2, 0) is 6.61 Å². The number of halogens is 3. The smallest absolute Gasteiger partial charge is 0.335 e. The molecule has 7 rings (SSSR count). The van der Waals surface area contributed by atoms with E-state index in [4.69, 9.17) is 9.84 Å². The third-order valence-electron chi connectivity index (χ3n) is 9.49. The molecule has 5 aromatic rings. The van der Waals surface area contributed by atoms with E-state index in [1.165, 1.54) is 6.07 Å². The zero-order valence-corrected chi connectivity index (χ0v) is 32.1. The highest BCUT2D eigenvalue weighted by molar-refractivity contribution is 9.10. The average Bonchev–Trinajstić information content (AvgIpc) is 3.84. The maximum absolute atomic E-state index is 14.3. The van der Waals surface area contributed by atoms with Crippen LogP contribution in [0.5, 0.6) is 11.5 Å². The largest absolute Gasteiger partial charge is 0.507 e. The lowest BCUT2D eigenvalue weighted by atomic mass is 9.95. The van der Waals surface area contributed by atoms with Gasteiger partial charge in [-0.05, 0) is 151 Å². The number of carboxylic acid groups (broad SMARTS) is 2. The molecule has 53 heavy (non-hydrogen) atoms. The van der Waals surface area contributed by atoms with E-state index in [0.29, 0.717) is 11.3 Å². The minimum atomic E-state index is -0.936. The molecule has 0 saturated carbocycles. The van der Waals surface area contributed by atoms with E-state index in [1.54, 1.807) is 54.6 Å². The minimum absolute atomic E-state index is 0.137. The van der Waals surface area contributed by atoms with E-state index in [1.807, 2.05) is 49.4 Å². The summed E-state index contributed by atoms with van der Waals surface area (Å²) in [6.07, 6.45) is 5.52. The number of phenolic OH excluding ortho intramolecular Hbond substituents is 1. The van der Waals surface area contributed by atoms with Gasteiger partial charge in [0.15, 0.2) is 0 Å². The van der Waals surface area contributed by atoms with Gasteiger partial charge in [0.1, 0.15) is 23.9 Å². The van der Waals surface area contributed by atoms with E-state index in [-0.39, 0.29) is 29.3 Å². The third kappa shape index (κ3) is 8.98. The van der Waals surface area contributed by atoms with Crippen molar-refractivity contribution < 1.29 is 34.0 Å². The first-order chi connectivity index (χ1) is 25.5. The average molecular weight is 841 g/mol. The molecule has 3 N–H and O–H groups in total. The summed E-state index contributed by atoms with van der Waals surface area (Å²) in [5, 5.41) is 28.7. The van der Waals surface area contributed by atoms with Crippen LogP contribution in [-0.4, -0.2) is 27.3 Å². The quantitative estimate of drug-likeness (QED) is 0.137. The Morgan fingerprint density at radius 1 is 0.660 bits per heavy atom. The topological polar surface area (TPSA) is 104 Å². The van der Waals surface area contributed by atoms with E-state index in [2.05, 4.69) is 31.9 Å². The van der Waals surface area contributed by atoms with Crippen LogP contribution in [0, 0.1) is 12.7 Å². The Morgan fingerprint density at radius 2 is 1.19 bits per heavy atom. The second-order valence-electron chi connectivity index (χ2n) is 13.1. The van der Waals surface area contributed by atoms with Crippen LogP contribution in [0.1, 0.15) is 92.6 Å². The molecule has 0 spiro atoms. The first kappa shape index (κ1) is 37.8. The van der Waals surface area contributed by atoms with Crippen LogP contribution in [0.25, 0.3) is 22.3 Å². The van der Waals surface area contributed by atoms with Gasteiger partial charge in [-0.1, -0.05) is 68.3 Å². The summed E-state index contributed by atoms with van der Waals surface area (Å²) in [7, 11) is 0. The lowest BCUT2D eigenvalue weighted by Crippen LogP contribution is -2.01. The molecule has 6 nitrogen and oxygen atoms in total. The molecular formula is C44H37Br2FO6. The summed E-state index contributed by atoms with van der Waals surface area (Å²) in [4.78, 5) is 22.6. The van der Waals surface area contributed by atoms with Gasteiger partial charge in [-0.2, -0.15) is 0 Å². The molecule has 9 heteroatoms. The van der Waals surface area contributed by atoms with Crippen molar-refractivity contribution in [2.75, 3.05) is 0 Å². The molecule has 0 heterocycles. The van der Waals surface area contributed by atoms with E-state index >= 15 is 0 Å². The molecule has 0 radical (unpaired) electrons. The first-order valence-corrected chi connectivity index (χ1v) is 18.8. The van der Waals surface area contributed by atoms with Gasteiger partial charge in [-0.15, -0.1) is 0 Å². The first-order valence-electron chi connectivity index (χ1n) is 17.3. The summed E-state index contributed by atoms with van der Waals surface area (Å²) in [5.74, 6) is -1.19. The van der Waals surface area contributed by atoms with Crippen LogP contribution < -0.4 is 4.74 Å². The zero-order valence-electron chi connectivity index (χ0n) is 29.0. The zero-order chi connectivity index (χ0) is 37.6. The van der Waals surface area contributed by atoms with Crippen molar-refractivity contribution in [1.82, 2.24) is 0 Å². The number of rotatable bonds is 9. The predicted molar refractivity (Wildman–Crippen MR) is 214 cm³/mol. The number of aryl methyl sites for hydroxylation is 1. The monoisotopic (exact) mass is 838 g/mol. The number of benzene rings is 5. The number of aromatic carboxylic acids is 2. The van der Waals surface area contributed by atoms with Crippen molar-refractivity contribution in [2.24, 2.45) is 0 Å². The summed E-state index contributed by atoms with van der Waals surface area (Å²) >= 11 is 6.99. The molecule has 0 aromatic heterocycles. The molecule has 0 fully saturated rings. The molecule has 270 valence electrons. The minimum Gasteiger partial charge on any atom is -0.507 e. The Kier molecular flexibility index (Phi) is 12.0. The number of phenols is 1. The van der Waals surface area contributed by atoms with Crippen LogP contribution in [0.3, 0.4) is 0 Å². The van der Waals surface area contributed by atoms with Crippen molar-refractivity contribution >= 4 is 66.1 Å². The molecule has 0 unspecified atom stereocenters. The molecule has 0 saturated heterocycles. The van der Waals surface area contributed by atoms with Gasteiger partial charge in [0.25, 0.3) is 0 Å². The summed E-state index contributed by atoms with van der Waals surface area (Å²) in [6, 6.07) is 30.4. The Morgan fingerprint density at radius 3 is 1.75 bits per heavy atom. The Bertz CT molecular complexity index is 2270. The molecule has 0 aliphatic heterocycles. The van der Waals surface area contributed by atoms with Gasteiger partial charge >= 0.3 is 11.9 Å². The van der Waals surface area contributed by atoms with Crippen LogP contribution in [0.2, 0.25) is 0 Å². The summed E-state index contributed by atoms with van der Waals surface area (Å²) in [5.41, 5.74) is 10.1. The number of carbonyl (C=O) groups is 2. The normalized spacial score (nSPS) is 13.9. The molecular weight excluding hydrogens is 803 g/mol. The third-order valence-corrected chi connectivity index (χ3v) is 10.5. The van der Waals surface area contributed by atoms with Crippen molar-refractivity contribution in [3.05, 3.63) is 162 Å². The Labute approximate surface area is 324 Å². The van der Waals surface area contributed by atoms with E-state index < -0.39 is 11.9 Å². The van der Waals surface area contributed by atoms with Gasteiger partial charge < -0.3 is 20.1 Å². The van der Waals surface area contributed by atoms with E-state index in [9.17, 15) is 24.2 Å². The molecule has 0 bridgehead atoms. The molecule has 0 amide bonds. The maximum Gasteiger partial charge on any atom is 0.335 e. The highest BCUT2D eigenvalue weighted by Crippen LogP contribution is 2.45. The second kappa shape index (κ2) is 16.8. The van der Waals surface area contributed by atoms with E-state index in [0.717, 1.165) is 97.6 Å². The second-order valence-corrected chi connectivity index (χ2v) is 14.9. The standard InChI is InChI=1S/C26H22BrFO3.C18H15BrO3/c1-16-8-9-19(24(28)12-16)15-31-25-11-10-20(27)14-23(25)22-7-3-6-21(22)17-4-2-5-18(13-17)26(29)30;19-13-7-8-17(20)16(10-13)15-6-2-5-14(15)11-3-1-4-12(9-11)18(21)22/h2,4-5,8-14H,3,6-7,15H2,1H3,(H,29,30);1,3-4,7-10,20H,2,5-6H2,(H,21,22). The van der Waals surface area contributed by atoms with Gasteiger partial charge in [-0.3, -0.25) is 0 Å².